The van der Waals surface area contributed by atoms with Crippen molar-refractivity contribution in [3.8, 4) is 5.75 Å². The van der Waals surface area contributed by atoms with Gasteiger partial charge >= 0.3 is 0 Å². The van der Waals surface area contributed by atoms with Crippen molar-refractivity contribution >= 4 is 0 Å². The fourth-order valence-corrected chi connectivity index (χ4v) is 5.04. The molecule has 2 nitrogen and oxygen atoms in total. The Kier molecular flexibility index (Phi) is 3.86. The van der Waals surface area contributed by atoms with Crippen LogP contribution in [0.2, 0.25) is 0 Å². The normalized spacial score (nSPS) is 29.6. The average Bonchev–Trinajstić information content (AvgIpc) is 2.61. The van der Waals surface area contributed by atoms with Gasteiger partial charge in [-0.1, -0.05) is 49.2 Å². The fourth-order valence-electron chi connectivity index (χ4n) is 5.04. The second-order valence-corrected chi connectivity index (χ2v) is 7.09. The quantitative estimate of drug-likeness (QED) is 0.855. The van der Waals surface area contributed by atoms with Crippen molar-refractivity contribution in [3.05, 3.63) is 65.2 Å². The van der Waals surface area contributed by atoms with E-state index in [0.717, 1.165) is 0 Å². The first-order chi connectivity index (χ1) is 11.3. The largest absolute Gasteiger partial charge is 0.508 e. The summed E-state index contributed by atoms with van der Waals surface area (Å²) in [7, 11) is 0. The van der Waals surface area contributed by atoms with Gasteiger partial charge in [0.1, 0.15) is 5.75 Å². The highest BCUT2D eigenvalue weighted by Crippen LogP contribution is 2.56. The molecule has 0 aliphatic heterocycles. The van der Waals surface area contributed by atoms with Crippen molar-refractivity contribution in [1.82, 2.24) is 0 Å². The van der Waals surface area contributed by atoms with Gasteiger partial charge in [-0.05, 0) is 59.4 Å². The van der Waals surface area contributed by atoms with E-state index in [-0.39, 0.29) is 12.5 Å². The third-order valence-electron chi connectivity index (χ3n) is 5.98. The zero-order chi connectivity index (χ0) is 15.8. The Labute approximate surface area is 137 Å². The van der Waals surface area contributed by atoms with Crippen molar-refractivity contribution < 1.29 is 10.2 Å². The summed E-state index contributed by atoms with van der Waals surface area (Å²) < 4.78 is 0. The second kappa shape index (κ2) is 6.01. The molecule has 0 aromatic heterocycles. The van der Waals surface area contributed by atoms with Gasteiger partial charge in [0, 0.05) is 5.92 Å². The highest BCUT2D eigenvalue weighted by molar-refractivity contribution is 5.43. The van der Waals surface area contributed by atoms with E-state index in [4.69, 9.17) is 0 Å². The highest BCUT2D eigenvalue weighted by Gasteiger charge is 2.43. The van der Waals surface area contributed by atoms with Crippen LogP contribution in [0.1, 0.15) is 60.1 Å². The molecule has 1 fully saturated rings. The predicted molar refractivity (Wildman–Crippen MR) is 91.8 cm³/mol. The smallest absolute Gasteiger partial charge is 0.115 e. The van der Waals surface area contributed by atoms with Crippen molar-refractivity contribution in [2.24, 2.45) is 5.92 Å². The maximum Gasteiger partial charge on any atom is 0.115 e. The lowest BCUT2D eigenvalue weighted by Gasteiger charge is -2.46. The van der Waals surface area contributed by atoms with Gasteiger partial charge in [0.25, 0.3) is 0 Å². The maximum atomic E-state index is 10.2. The Bertz CT molecular complexity index is 676. The van der Waals surface area contributed by atoms with Crippen LogP contribution in [0.3, 0.4) is 0 Å². The summed E-state index contributed by atoms with van der Waals surface area (Å²) in [6.07, 6.45) is 5.09. The summed E-state index contributed by atoms with van der Waals surface area (Å²) in [5.74, 6) is 2.03. The van der Waals surface area contributed by atoms with E-state index in [1.807, 2.05) is 12.1 Å². The van der Waals surface area contributed by atoms with Gasteiger partial charge in [-0.2, -0.15) is 0 Å². The third kappa shape index (κ3) is 2.46. The minimum absolute atomic E-state index is 0.162. The lowest BCUT2D eigenvalue weighted by Crippen LogP contribution is -2.35. The molecule has 1 saturated carbocycles. The lowest BCUT2D eigenvalue weighted by atomic mass is 9.58. The van der Waals surface area contributed by atoms with Gasteiger partial charge in [0.15, 0.2) is 0 Å². The summed E-state index contributed by atoms with van der Waals surface area (Å²) >= 11 is 0. The molecule has 4 atom stereocenters. The lowest BCUT2D eigenvalue weighted by molar-refractivity contribution is 0.168. The number of phenolic OH excluding ortho intramolecular Hbond substituents is 1. The third-order valence-corrected chi connectivity index (χ3v) is 5.98. The minimum atomic E-state index is 0.162. The van der Waals surface area contributed by atoms with Gasteiger partial charge in [0.05, 0.1) is 6.61 Å². The molecule has 2 aliphatic carbocycles. The van der Waals surface area contributed by atoms with Crippen LogP contribution in [0.15, 0.2) is 48.5 Å². The number of aromatic hydroxyl groups is 1. The molecule has 2 N–H and O–H groups in total. The number of aliphatic hydroxyl groups is 1. The Hall–Kier alpha value is -1.80. The highest BCUT2D eigenvalue weighted by atomic mass is 16.3. The molecule has 2 heteroatoms. The molecule has 2 aromatic carbocycles. The summed E-state index contributed by atoms with van der Waals surface area (Å²) in [4.78, 5) is 0. The first kappa shape index (κ1) is 14.8. The van der Waals surface area contributed by atoms with Crippen molar-refractivity contribution in [2.45, 2.75) is 43.4 Å². The number of phenols is 1. The molecule has 0 amide bonds. The molecule has 2 aliphatic rings. The van der Waals surface area contributed by atoms with Crippen LogP contribution in [0.5, 0.6) is 5.75 Å². The molecular weight excluding hydrogens is 284 g/mol. The topological polar surface area (TPSA) is 40.5 Å². The maximum absolute atomic E-state index is 10.2. The Morgan fingerprint density at radius 3 is 2.30 bits per heavy atom. The average molecular weight is 308 g/mol. The Morgan fingerprint density at radius 1 is 0.870 bits per heavy atom. The van der Waals surface area contributed by atoms with Gasteiger partial charge in [-0.25, -0.2) is 0 Å². The van der Waals surface area contributed by atoms with Crippen LogP contribution in [0.25, 0.3) is 0 Å². The van der Waals surface area contributed by atoms with Gasteiger partial charge in [-0.3, -0.25) is 0 Å². The SMILES string of the molecule is OCC1c2ccccc2C2CCCCC2C1c1ccc(O)cc1. The van der Waals surface area contributed by atoms with Crippen molar-refractivity contribution in [3.63, 3.8) is 0 Å². The van der Waals surface area contributed by atoms with Crippen LogP contribution < -0.4 is 0 Å². The van der Waals surface area contributed by atoms with E-state index in [1.54, 1.807) is 12.1 Å². The molecule has 2 aromatic rings. The Balaban J connectivity index is 1.84. The number of benzene rings is 2. The molecule has 4 rings (SSSR count). The summed E-state index contributed by atoms with van der Waals surface area (Å²) in [5, 5.41) is 19.8. The Morgan fingerprint density at radius 2 is 1.57 bits per heavy atom. The van der Waals surface area contributed by atoms with Crippen molar-refractivity contribution in [1.29, 1.82) is 0 Å². The van der Waals surface area contributed by atoms with Crippen LogP contribution in [-0.4, -0.2) is 16.8 Å². The zero-order valence-corrected chi connectivity index (χ0v) is 13.4. The number of fused-ring (bicyclic) bond motifs is 3. The molecule has 120 valence electrons. The van der Waals surface area contributed by atoms with Crippen LogP contribution in [0.4, 0.5) is 0 Å². The van der Waals surface area contributed by atoms with Gasteiger partial charge in [0.2, 0.25) is 0 Å². The molecule has 0 bridgehead atoms. The molecule has 0 radical (unpaired) electrons. The zero-order valence-electron chi connectivity index (χ0n) is 13.4. The summed E-state index contributed by atoms with van der Waals surface area (Å²) in [6.45, 7) is 0.186. The number of hydrogen-bond acceptors (Lipinski definition) is 2. The summed E-state index contributed by atoms with van der Waals surface area (Å²) in [6, 6.07) is 16.4. The van der Waals surface area contributed by atoms with Gasteiger partial charge < -0.3 is 10.2 Å². The van der Waals surface area contributed by atoms with Crippen LogP contribution in [-0.2, 0) is 0 Å². The van der Waals surface area contributed by atoms with Crippen LogP contribution >= 0.6 is 0 Å². The molecular formula is C21H24O2. The van der Waals surface area contributed by atoms with E-state index in [2.05, 4.69) is 24.3 Å². The molecule has 0 heterocycles. The van der Waals surface area contributed by atoms with E-state index < -0.39 is 0 Å². The van der Waals surface area contributed by atoms with Crippen LogP contribution in [0, 0.1) is 5.92 Å². The van der Waals surface area contributed by atoms with Crippen molar-refractivity contribution in [2.75, 3.05) is 6.61 Å². The number of hydrogen-bond donors (Lipinski definition) is 2. The first-order valence-corrected chi connectivity index (χ1v) is 8.78. The first-order valence-electron chi connectivity index (χ1n) is 8.78. The number of aliphatic hydroxyl groups excluding tert-OH is 1. The van der Waals surface area contributed by atoms with E-state index in [9.17, 15) is 10.2 Å². The molecule has 4 unspecified atom stereocenters. The molecule has 23 heavy (non-hydrogen) atoms. The predicted octanol–water partition coefficient (Wildman–Crippen LogP) is 4.54. The number of rotatable bonds is 2. The standard InChI is InChI=1S/C21H24O2/c22-13-20-18-7-2-1-5-16(18)17-6-3-4-8-19(17)21(20)14-9-11-15(23)12-10-14/h1-2,5,7,9-12,17,19-23H,3-4,6,8,13H2. The fraction of sp³-hybridized carbons (Fsp3) is 0.429. The second-order valence-electron chi connectivity index (χ2n) is 7.09. The molecule has 0 spiro atoms. The van der Waals surface area contributed by atoms with Gasteiger partial charge in [-0.15, -0.1) is 0 Å². The monoisotopic (exact) mass is 308 g/mol. The molecule has 0 saturated heterocycles. The van der Waals surface area contributed by atoms with E-state index in [0.29, 0.717) is 23.5 Å². The van der Waals surface area contributed by atoms with E-state index >= 15 is 0 Å². The summed E-state index contributed by atoms with van der Waals surface area (Å²) in [5.41, 5.74) is 4.05. The minimum Gasteiger partial charge on any atom is -0.508 e. The van der Waals surface area contributed by atoms with E-state index in [1.165, 1.54) is 42.4 Å².